The van der Waals surface area contributed by atoms with Crippen LogP contribution in [0.4, 0.5) is 0 Å². The molecule has 124 valence electrons. The van der Waals surface area contributed by atoms with Gasteiger partial charge in [0.25, 0.3) is 0 Å². The van der Waals surface area contributed by atoms with Crippen LogP contribution in [0, 0.1) is 11.8 Å². The summed E-state index contributed by atoms with van der Waals surface area (Å²) >= 11 is 0. The zero-order chi connectivity index (χ0) is 15.3. The van der Waals surface area contributed by atoms with Gasteiger partial charge >= 0.3 is 0 Å². The van der Waals surface area contributed by atoms with Crippen molar-refractivity contribution in [1.82, 2.24) is 10.2 Å². The van der Waals surface area contributed by atoms with Crippen LogP contribution in [0.15, 0.2) is 0 Å². The first-order chi connectivity index (χ1) is 10.1. The molecule has 3 atom stereocenters. The first-order valence-electron chi connectivity index (χ1n) is 9.59. The molecule has 1 aliphatic carbocycles. The average molecular weight is 295 g/mol. The number of piperazine rings is 1. The van der Waals surface area contributed by atoms with Crippen LogP contribution in [-0.2, 0) is 0 Å². The zero-order valence-electron chi connectivity index (χ0n) is 15.0. The van der Waals surface area contributed by atoms with E-state index in [0.717, 1.165) is 11.8 Å². The molecule has 0 amide bonds. The van der Waals surface area contributed by atoms with Crippen LogP contribution in [0.3, 0.4) is 0 Å². The van der Waals surface area contributed by atoms with Gasteiger partial charge in [0.05, 0.1) is 0 Å². The van der Waals surface area contributed by atoms with Crippen molar-refractivity contribution >= 4 is 0 Å². The van der Waals surface area contributed by atoms with Crippen molar-refractivity contribution in [1.29, 1.82) is 0 Å². The van der Waals surface area contributed by atoms with Gasteiger partial charge in [0.15, 0.2) is 0 Å². The lowest BCUT2D eigenvalue weighted by molar-refractivity contribution is -0.00920. The molecule has 1 heterocycles. The smallest absolute Gasteiger partial charge is 0.0334 e. The molecule has 0 bridgehead atoms. The van der Waals surface area contributed by atoms with E-state index in [9.17, 15) is 0 Å². The second kappa shape index (κ2) is 7.97. The molecular weight excluding hydrogens is 256 g/mol. The van der Waals surface area contributed by atoms with Crippen LogP contribution < -0.4 is 5.32 Å². The Bertz CT molecular complexity index is 296. The maximum atomic E-state index is 3.92. The number of hydrogen-bond donors (Lipinski definition) is 1. The largest absolute Gasteiger partial charge is 0.311 e. The third-order valence-corrected chi connectivity index (χ3v) is 6.21. The Labute approximate surface area is 133 Å². The zero-order valence-corrected chi connectivity index (χ0v) is 15.0. The van der Waals surface area contributed by atoms with Crippen LogP contribution in [0.5, 0.6) is 0 Å². The van der Waals surface area contributed by atoms with Gasteiger partial charge in [-0.15, -0.1) is 0 Å². The van der Waals surface area contributed by atoms with E-state index in [1.54, 1.807) is 0 Å². The standard InChI is InChI=1S/C19H38N2/c1-5-10-16(3)13-21-14-18(17(4)6-2)20-15-19(21)11-8-7-9-12-19/h16-18,20H,5-15H2,1-4H3. The number of rotatable bonds is 6. The summed E-state index contributed by atoms with van der Waals surface area (Å²) in [5, 5.41) is 3.92. The van der Waals surface area contributed by atoms with Crippen molar-refractivity contribution in [3.05, 3.63) is 0 Å². The Hall–Kier alpha value is -0.0800. The number of nitrogens with zero attached hydrogens (tertiary/aromatic N) is 1. The Balaban J connectivity index is 2.05. The molecule has 0 radical (unpaired) electrons. The van der Waals surface area contributed by atoms with Gasteiger partial charge in [-0.2, -0.15) is 0 Å². The number of hydrogen-bond acceptors (Lipinski definition) is 2. The topological polar surface area (TPSA) is 15.3 Å². The van der Waals surface area contributed by atoms with Crippen molar-refractivity contribution in [2.45, 2.75) is 90.6 Å². The Morgan fingerprint density at radius 3 is 2.48 bits per heavy atom. The number of nitrogens with one attached hydrogen (secondary N) is 1. The normalized spacial score (nSPS) is 29.4. The maximum Gasteiger partial charge on any atom is 0.0334 e. The van der Waals surface area contributed by atoms with Gasteiger partial charge in [0.2, 0.25) is 0 Å². The first-order valence-corrected chi connectivity index (χ1v) is 9.59. The molecule has 1 aliphatic heterocycles. The van der Waals surface area contributed by atoms with Gasteiger partial charge in [-0.05, 0) is 31.1 Å². The second-order valence-corrected chi connectivity index (χ2v) is 7.96. The van der Waals surface area contributed by atoms with Gasteiger partial charge in [0, 0.05) is 31.2 Å². The molecule has 21 heavy (non-hydrogen) atoms. The van der Waals surface area contributed by atoms with Crippen LogP contribution in [0.1, 0.15) is 79.1 Å². The molecule has 3 unspecified atom stereocenters. The van der Waals surface area contributed by atoms with Crippen molar-refractivity contribution in [3.63, 3.8) is 0 Å². The van der Waals surface area contributed by atoms with Crippen LogP contribution in [0.25, 0.3) is 0 Å². The quantitative estimate of drug-likeness (QED) is 0.779. The minimum absolute atomic E-state index is 0.490. The molecular formula is C19H38N2. The highest BCUT2D eigenvalue weighted by atomic mass is 15.3. The first kappa shape index (κ1) is 17.3. The van der Waals surface area contributed by atoms with E-state index in [4.69, 9.17) is 0 Å². The molecule has 2 aliphatic rings. The van der Waals surface area contributed by atoms with E-state index in [1.807, 2.05) is 0 Å². The third kappa shape index (κ3) is 4.22. The van der Waals surface area contributed by atoms with Gasteiger partial charge in [0.1, 0.15) is 0 Å². The second-order valence-electron chi connectivity index (χ2n) is 7.96. The predicted molar refractivity (Wildman–Crippen MR) is 92.7 cm³/mol. The summed E-state index contributed by atoms with van der Waals surface area (Å²) in [5.41, 5.74) is 0.490. The Morgan fingerprint density at radius 2 is 1.86 bits per heavy atom. The van der Waals surface area contributed by atoms with Crippen molar-refractivity contribution in [3.8, 4) is 0 Å². The fourth-order valence-corrected chi connectivity index (χ4v) is 4.53. The SMILES string of the molecule is CCCC(C)CN1CC(C(C)CC)NCC12CCCCC2. The predicted octanol–water partition coefficient (Wildman–Crippen LogP) is 4.45. The van der Waals surface area contributed by atoms with Crippen LogP contribution >= 0.6 is 0 Å². The monoisotopic (exact) mass is 294 g/mol. The molecule has 2 fully saturated rings. The summed E-state index contributed by atoms with van der Waals surface area (Å²) in [7, 11) is 0. The van der Waals surface area contributed by atoms with E-state index in [0.29, 0.717) is 11.6 Å². The molecule has 1 spiro atoms. The van der Waals surface area contributed by atoms with Crippen molar-refractivity contribution in [2.24, 2.45) is 11.8 Å². The minimum Gasteiger partial charge on any atom is -0.311 e. The van der Waals surface area contributed by atoms with Crippen molar-refractivity contribution < 1.29 is 0 Å². The molecule has 1 N–H and O–H groups in total. The molecule has 1 saturated heterocycles. The molecule has 0 aromatic heterocycles. The minimum atomic E-state index is 0.490. The molecule has 0 aromatic carbocycles. The van der Waals surface area contributed by atoms with Crippen LogP contribution in [0.2, 0.25) is 0 Å². The summed E-state index contributed by atoms with van der Waals surface area (Å²) in [6.07, 6.45) is 11.2. The van der Waals surface area contributed by atoms with Gasteiger partial charge in [-0.25, -0.2) is 0 Å². The van der Waals surface area contributed by atoms with Crippen molar-refractivity contribution in [2.75, 3.05) is 19.6 Å². The third-order valence-electron chi connectivity index (χ3n) is 6.21. The fourth-order valence-electron chi connectivity index (χ4n) is 4.53. The van der Waals surface area contributed by atoms with E-state index in [2.05, 4.69) is 37.9 Å². The van der Waals surface area contributed by atoms with Crippen LogP contribution in [-0.4, -0.2) is 36.1 Å². The summed E-state index contributed by atoms with van der Waals surface area (Å²) in [6, 6.07) is 0.705. The van der Waals surface area contributed by atoms with Gasteiger partial charge in [-0.3, -0.25) is 4.90 Å². The highest BCUT2D eigenvalue weighted by Crippen LogP contribution is 2.37. The average Bonchev–Trinajstić information content (AvgIpc) is 2.50. The van der Waals surface area contributed by atoms with E-state index in [-0.39, 0.29) is 0 Å². The summed E-state index contributed by atoms with van der Waals surface area (Å²) < 4.78 is 0. The maximum absolute atomic E-state index is 3.92. The molecule has 1 saturated carbocycles. The molecule has 2 nitrogen and oxygen atoms in total. The summed E-state index contributed by atoms with van der Waals surface area (Å²) in [5.74, 6) is 1.65. The molecule has 2 rings (SSSR count). The molecule has 0 aromatic rings. The Morgan fingerprint density at radius 1 is 1.14 bits per heavy atom. The summed E-state index contributed by atoms with van der Waals surface area (Å²) in [4.78, 5) is 2.92. The fraction of sp³-hybridized carbons (Fsp3) is 1.00. The molecule has 2 heteroatoms. The highest BCUT2D eigenvalue weighted by molar-refractivity contribution is 5.01. The highest BCUT2D eigenvalue weighted by Gasteiger charge is 2.43. The summed E-state index contributed by atoms with van der Waals surface area (Å²) in [6.45, 7) is 13.4. The lowest BCUT2D eigenvalue weighted by Gasteiger charge is -2.53. The van der Waals surface area contributed by atoms with Gasteiger partial charge < -0.3 is 5.32 Å². The van der Waals surface area contributed by atoms with E-state index in [1.165, 1.54) is 71.0 Å². The van der Waals surface area contributed by atoms with E-state index < -0.39 is 0 Å². The van der Waals surface area contributed by atoms with E-state index >= 15 is 0 Å². The lowest BCUT2D eigenvalue weighted by atomic mass is 9.77. The lowest BCUT2D eigenvalue weighted by Crippen LogP contribution is -2.66. The Kier molecular flexibility index (Phi) is 6.55. The van der Waals surface area contributed by atoms with Gasteiger partial charge in [-0.1, -0.05) is 59.8 Å².